The molecule has 0 atom stereocenters. The van der Waals surface area contributed by atoms with Gasteiger partial charge in [-0.1, -0.05) is 152 Å². The van der Waals surface area contributed by atoms with E-state index in [-0.39, 0.29) is 5.82 Å². The fourth-order valence-corrected chi connectivity index (χ4v) is 9.07. The van der Waals surface area contributed by atoms with Gasteiger partial charge in [-0.2, -0.15) is 0 Å². The molecule has 9 aromatic carbocycles. The highest BCUT2D eigenvalue weighted by Gasteiger charge is 2.20. The first kappa shape index (κ1) is 27.3. The van der Waals surface area contributed by atoms with Crippen LogP contribution in [0.3, 0.4) is 0 Å². The molecule has 0 nitrogen and oxygen atoms in total. The second-order valence-electron chi connectivity index (χ2n) is 12.5. The van der Waals surface area contributed by atoms with Gasteiger partial charge in [0.05, 0.1) is 0 Å². The van der Waals surface area contributed by atoms with Gasteiger partial charge in [-0.25, -0.2) is 4.39 Å². The molecule has 1 aromatic heterocycles. The highest BCUT2D eigenvalue weighted by molar-refractivity contribution is 7.26. The molecule has 2 heteroatoms. The third-order valence-electron chi connectivity index (χ3n) is 9.91. The zero-order chi connectivity index (χ0) is 31.8. The van der Waals surface area contributed by atoms with Crippen LogP contribution in [0.15, 0.2) is 164 Å². The molecule has 0 fully saturated rings. The van der Waals surface area contributed by atoms with Crippen LogP contribution in [0.25, 0.3) is 96.6 Å². The summed E-state index contributed by atoms with van der Waals surface area (Å²) in [4.78, 5) is 0. The first-order valence-corrected chi connectivity index (χ1v) is 17.1. The SMILES string of the molecule is Fc1c2ccccc2c(-c2cccc3c2sc2ccc(-c4c5ccccc5c(-c5ccccc5)c5ccccc45)cc23)c2ccccc12. The molecular weight excluding hydrogens is 604 g/mol. The van der Waals surface area contributed by atoms with Crippen LogP contribution in [0.2, 0.25) is 0 Å². The molecule has 0 spiro atoms. The van der Waals surface area contributed by atoms with Gasteiger partial charge in [0, 0.05) is 36.5 Å². The van der Waals surface area contributed by atoms with Gasteiger partial charge in [0.2, 0.25) is 0 Å². The van der Waals surface area contributed by atoms with Gasteiger partial charge in [0.15, 0.2) is 0 Å². The lowest BCUT2D eigenvalue weighted by Crippen LogP contribution is -1.90. The van der Waals surface area contributed by atoms with Crippen molar-refractivity contribution >= 4 is 74.6 Å². The minimum Gasteiger partial charge on any atom is -0.206 e. The Morgan fingerprint density at radius 2 is 0.792 bits per heavy atom. The van der Waals surface area contributed by atoms with Gasteiger partial charge in [-0.05, 0) is 72.3 Å². The lowest BCUT2D eigenvalue weighted by Gasteiger charge is -2.17. The number of fused-ring (bicyclic) bond motifs is 7. The number of hydrogen-bond donors (Lipinski definition) is 0. The first-order valence-electron chi connectivity index (χ1n) is 16.3. The highest BCUT2D eigenvalue weighted by Crippen LogP contribution is 2.48. The second kappa shape index (κ2) is 10.6. The number of thiophene rings is 1. The Balaban J connectivity index is 1.26. The molecule has 224 valence electrons. The smallest absolute Gasteiger partial charge is 0.138 e. The molecule has 10 aromatic rings. The van der Waals surface area contributed by atoms with Gasteiger partial charge in [0.25, 0.3) is 0 Å². The van der Waals surface area contributed by atoms with E-state index in [0.29, 0.717) is 10.8 Å². The Morgan fingerprint density at radius 3 is 1.35 bits per heavy atom. The number of halogens is 1. The molecule has 0 aliphatic carbocycles. The molecule has 0 saturated heterocycles. The van der Waals surface area contributed by atoms with Crippen molar-refractivity contribution in [2.75, 3.05) is 0 Å². The van der Waals surface area contributed by atoms with Gasteiger partial charge >= 0.3 is 0 Å². The van der Waals surface area contributed by atoms with Crippen LogP contribution in [0.1, 0.15) is 0 Å². The van der Waals surface area contributed by atoms with Crippen molar-refractivity contribution in [2.45, 2.75) is 0 Å². The van der Waals surface area contributed by atoms with Crippen LogP contribution in [0.4, 0.5) is 4.39 Å². The molecule has 0 bridgehead atoms. The van der Waals surface area contributed by atoms with E-state index in [2.05, 4.69) is 127 Å². The number of benzene rings is 9. The van der Waals surface area contributed by atoms with Crippen LogP contribution >= 0.6 is 11.3 Å². The van der Waals surface area contributed by atoms with Gasteiger partial charge in [-0.3, -0.25) is 0 Å². The monoisotopic (exact) mass is 630 g/mol. The Morgan fingerprint density at radius 1 is 0.333 bits per heavy atom. The molecule has 0 aliphatic rings. The number of hydrogen-bond acceptors (Lipinski definition) is 1. The maximum Gasteiger partial charge on any atom is 0.138 e. The average Bonchev–Trinajstić information content (AvgIpc) is 3.53. The highest BCUT2D eigenvalue weighted by atomic mass is 32.1. The van der Waals surface area contributed by atoms with E-state index < -0.39 is 0 Å². The van der Waals surface area contributed by atoms with Crippen molar-refractivity contribution in [1.82, 2.24) is 0 Å². The summed E-state index contributed by atoms with van der Waals surface area (Å²) in [6, 6.07) is 57.7. The fourth-order valence-electron chi connectivity index (χ4n) is 7.87. The molecule has 10 rings (SSSR count). The minimum atomic E-state index is -0.157. The summed E-state index contributed by atoms with van der Waals surface area (Å²) in [5.74, 6) is -0.157. The van der Waals surface area contributed by atoms with E-state index in [1.54, 1.807) is 0 Å². The van der Waals surface area contributed by atoms with Crippen molar-refractivity contribution in [3.05, 3.63) is 170 Å². The lowest BCUT2D eigenvalue weighted by atomic mass is 9.86. The van der Waals surface area contributed by atoms with E-state index >= 15 is 4.39 Å². The van der Waals surface area contributed by atoms with Crippen molar-refractivity contribution < 1.29 is 4.39 Å². The van der Waals surface area contributed by atoms with Crippen molar-refractivity contribution in [2.24, 2.45) is 0 Å². The lowest BCUT2D eigenvalue weighted by molar-refractivity contribution is 0.651. The van der Waals surface area contributed by atoms with Gasteiger partial charge in [0.1, 0.15) is 5.82 Å². The molecule has 0 saturated carbocycles. The molecule has 0 unspecified atom stereocenters. The predicted molar refractivity (Wildman–Crippen MR) is 206 cm³/mol. The van der Waals surface area contributed by atoms with Gasteiger partial charge < -0.3 is 0 Å². The van der Waals surface area contributed by atoms with E-state index in [0.717, 1.165) is 21.9 Å². The van der Waals surface area contributed by atoms with Crippen LogP contribution in [-0.4, -0.2) is 0 Å². The van der Waals surface area contributed by atoms with Crippen molar-refractivity contribution in [3.63, 3.8) is 0 Å². The van der Waals surface area contributed by atoms with E-state index in [1.165, 1.54) is 64.0 Å². The summed E-state index contributed by atoms with van der Waals surface area (Å²) in [7, 11) is 0. The predicted octanol–water partition coefficient (Wildman–Crippen LogP) is 13.8. The second-order valence-corrected chi connectivity index (χ2v) is 13.5. The fraction of sp³-hybridized carbons (Fsp3) is 0. The largest absolute Gasteiger partial charge is 0.206 e. The van der Waals surface area contributed by atoms with E-state index in [1.807, 2.05) is 47.7 Å². The van der Waals surface area contributed by atoms with E-state index in [4.69, 9.17) is 0 Å². The topological polar surface area (TPSA) is 0 Å². The van der Waals surface area contributed by atoms with E-state index in [9.17, 15) is 0 Å². The molecule has 0 radical (unpaired) electrons. The summed E-state index contributed by atoms with van der Waals surface area (Å²) >= 11 is 1.82. The van der Waals surface area contributed by atoms with Crippen LogP contribution in [0.5, 0.6) is 0 Å². The standard InChI is InChI=1S/C46H27FS/c47-45-36-21-10-8-19-34(36)44(35-20-9-11-22-37(35)45)39-24-12-23-38-40-27-29(25-26-41(40)48-46(38)39)43-32-17-6-4-15-30(32)42(28-13-2-1-3-14-28)31-16-5-7-18-33(31)43/h1-27H. The number of rotatable bonds is 3. The Hall–Kier alpha value is -5.83. The molecular formula is C46H27FS. The summed E-state index contributed by atoms with van der Waals surface area (Å²) in [6.07, 6.45) is 0. The molecule has 0 amide bonds. The summed E-state index contributed by atoms with van der Waals surface area (Å²) in [5, 5.41) is 10.7. The van der Waals surface area contributed by atoms with Crippen molar-refractivity contribution in [1.29, 1.82) is 0 Å². The zero-order valence-corrected chi connectivity index (χ0v) is 26.7. The van der Waals surface area contributed by atoms with Crippen LogP contribution in [0, 0.1) is 5.82 Å². The van der Waals surface area contributed by atoms with Crippen LogP contribution < -0.4 is 0 Å². The Bertz CT molecular complexity index is 2780. The molecule has 1 heterocycles. The maximum atomic E-state index is 15.8. The first-order chi connectivity index (χ1) is 23.8. The Kier molecular flexibility index (Phi) is 6.03. The summed E-state index contributed by atoms with van der Waals surface area (Å²) < 4.78 is 18.3. The minimum absolute atomic E-state index is 0.157. The Labute approximate surface area is 280 Å². The quantitative estimate of drug-likeness (QED) is 0.170. The summed E-state index contributed by atoms with van der Waals surface area (Å²) in [6.45, 7) is 0. The summed E-state index contributed by atoms with van der Waals surface area (Å²) in [5.41, 5.74) is 7.20. The third-order valence-corrected chi connectivity index (χ3v) is 11.1. The van der Waals surface area contributed by atoms with Gasteiger partial charge in [-0.15, -0.1) is 11.3 Å². The molecule has 0 aliphatic heterocycles. The normalized spacial score (nSPS) is 11.9. The molecule has 0 N–H and O–H groups in total. The average molecular weight is 631 g/mol. The van der Waals surface area contributed by atoms with Crippen LogP contribution in [-0.2, 0) is 0 Å². The van der Waals surface area contributed by atoms with Crippen molar-refractivity contribution in [3.8, 4) is 33.4 Å². The third kappa shape index (κ3) is 3.93. The maximum absolute atomic E-state index is 15.8. The zero-order valence-electron chi connectivity index (χ0n) is 25.9. The molecule has 48 heavy (non-hydrogen) atoms.